The molecule has 2 atom stereocenters. The van der Waals surface area contributed by atoms with Crippen molar-refractivity contribution in [1.29, 1.82) is 0 Å². The van der Waals surface area contributed by atoms with E-state index in [1.54, 1.807) is 0 Å². The first-order chi connectivity index (χ1) is 5.65. The number of hydrogen-bond donors (Lipinski definition) is 0. The second-order valence-corrected chi connectivity index (χ2v) is 4.23. The van der Waals surface area contributed by atoms with Gasteiger partial charge in [-0.15, -0.1) is 0 Å². The molecule has 0 spiro atoms. The van der Waals surface area contributed by atoms with Crippen LogP contribution >= 0.6 is 0 Å². The van der Waals surface area contributed by atoms with Crippen molar-refractivity contribution in [3.63, 3.8) is 0 Å². The average molecular weight is 167 g/mol. The quantitative estimate of drug-likeness (QED) is 0.611. The van der Waals surface area contributed by atoms with Crippen molar-refractivity contribution in [3.05, 3.63) is 12.3 Å². The zero-order valence-corrected chi connectivity index (χ0v) is 8.75. The molecule has 2 unspecified atom stereocenters. The van der Waals surface area contributed by atoms with E-state index in [1.165, 1.54) is 12.8 Å². The van der Waals surface area contributed by atoms with Gasteiger partial charge in [0.1, 0.15) is 0 Å². The van der Waals surface area contributed by atoms with Gasteiger partial charge in [0.15, 0.2) is 0 Å². The average Bonchev–Trinajstić information content (AvgIpc) is 2.33. The van der Waals surface area contributed by atoms with Crippen LogP contribution in [0.1, 0.15) is 33.6 Å². The fraction of sp³-hybridized carbons (Fsp3) is 0.818. The van der Waals surface area contributed by atoms with Crippen LogP contribution in [0.5, 0.6) is 0 Å². The standard InChI is InChI=1S/C11H21N/c1-5-6-12(4)11-7-9(2)10(3)8-11/h5-6,9-11H,7-8H2,1-4H3/b6-5-. The van der Waals surface area contributed by atoms with Gasteiger partial charge in [-0.1, -0.05) is 19.9 Å². The highest BCUT2D eigenvalue weighted by molar-refractivity contribution is 4.89. The molecule has 1 rings (SSSR count). The Hall–Kier alpha value is -0.460. The third-order valence-electron chi connectivity index (χ3n) is 3.22. The minimum Gasteiger partial charge on any atom is -0.378 e. The molecule has 1 heteroatoms. The van der Waals surface area contributed by atoms with Crippen LogP contribution in [0, 0.1) is 11.8 Å². The topological polar surface area (TPSA) is 3.24 Å². The molecule has 1 nitrogen and oxygen atoms in total. The fourth-order valence-electron chi connectivity index (χ4n) is 2.11. The summed E-state index contributed by atoms with van der Waals surface area (Å²) in [5.74, 6) is 1.81. The lowest BCUT2D eigenvalue weighted by Crippen LogP contribution is -2.24. The lowest BCUT2D eigenvalue weighted by molar-refractivity contribution is 0.325. The van der Waals surface area contributed by atoms with Crippen LogP contribution < -0.4 is 0 Å². The van der Waals surface area contributed by atoms with E-state index in [0.29, 0.717) is 0 Å². The summed E-state index contributed by atoms with van der Waals surface area (Å²) in [7, 11) is 2.19. The summed E-state index contributed by atoms with van der Waals surface area (Å²) in [6, 6.07) is 0.784. The van der Waals surface area contributed by atoms with Gasteiger partial charge >= 0.3 is 0 Å². The van der Waals surface area contributed by atoms with Crippen molar-refractivity contribution in [3.8, 4) is 0 Å². The summed E-state index contributed by atoms with van der Waals surface area (Å²) in [6.07, 6.45) is 7.03. The van der Waals surface area contributed by atoms with Gasteiger partial charge in [0, 0.05) is 13.1 Å². The Kier molecular flexibility index (Phi) is 3.19. The van der Waals surface area contributed by atoms with Crippen LogP contribution in [-0.4, -0.2) is 18.0 Å². The predicted octanol–water partition coefficient (Wildman–Crippen LogP) is 2.89. The molecule has 0 aliphatic heterocycles. The third kappa shape index (κ3) is 2.02. The SMILES string of the molecule is C/C=C\N(C)C1CC(C)C(C)C1. The van der Waals surface area contributed by atoms with Crippen molar-refractivity contribution >= 4 is 0 Å². The molecule has 0 aromatic rings. The van der Waals surface area contributed by atoms with E-state index in [1.807, 2.05) is 0 Å². The van der Waals surface area contributed by atoms with Gasteiger partial charge < -0.3 is 4.90 Å². The maximum Gasteiger partial charge on any atom is 0.0286 e. The lowest BCUT2D eigenvalue weighted by atomic mass is 10.0. The first-order valence-corrected chi connectivity index (χ1v) is 5.00. The molecule has 0 radical (unpaired) electrons. The van der Waals surface area contributed by atoms with Crippen molar-refractivity contribution < 1.29 is 0 Å². The van der Waals surface area contributed by atoms with Gasteiger partial charge in [-0.3, -0.25) is 0 Å². The number of rotatable bonds is 2. The van der Waals surface area contributed by atoms with Crippen molar-refractivity contribution in [2.45, 2.75) is 39.7 Å². The fourth-order valence-corrected chi connectivity index (χ4v) is 2.11. The maximum absolute atomic E-state index is 2.37. The summed E-state index contributed by atoms with van der Waals surface area (Å²) in [4.78, 5) is 2.36. The molecule has 0 aromatic carbocycles. The highest BCUT2D eigenvalue weighted by Crippen LogP contribution is 2.33. The zero-order valence-electron chi connectivity index (χ0n) is 8.75. The molecule has 1 aliphatic rings. The molecule has 70 valence electrons. The van der Waals surface area contributed by atoms with Crippen LogP contribution in [0.15, 0.2) is 12.3 Å². The third-order valence-corrected chi connectivity index (χ3v) is 3.22. The highest BCUT2D eigenvalue weighted by Gasteiger charge is 2.29. The van der Waals surface area contributed by atoms with Crippen molar-refractivity contribution in [1.82, 2.24) is 4.90 Å². The van der Waals surface area contributed by atoms with Crippen molar-refractivity contribution in [2.24, 2.45) is 11.8 Å². The Labute approximate surface area is 76.5 Å². The van der Waals surface area contributed by atoms with Crippen molar-refractivity contribution in [2.75, 3.05) is 7.05 Å². The van der Waals surface area contributed by atoms with Gasteiger partial charge in [-0.2, -0.15) is 0 Å². The lowest BCUT2D eigenvalue weighted by Gasteiger charge is -2.22. The highest BCUT2D eigenvalue weighted by atomic mass is 15.1. The molecule has 1 saturated carbocycles. The van der Waals surface area contributed by atoms with Crippen LogP contribution in [-0.2, 0) is 0 Å². The van der Waals surface area contributed by atoms with Crippen LogP contribution in [0.3, 0.4) is 0 Å². The molecular weight excluding hydrogens is 146 g/mol. The molecule has 1 aliphatic carbocycles. The van der Waals surface area contributed by atoms with Gasteiger partial charge in [0.05, 0.1) is 0 Å². The first-order valence-electron chi connectivity index (χ1n) is 5.00. The Morgan fingerprint density at radius 1 is 1.17 bits per heavy atom. The van der Waals surface area contributed by atoms with Crippen LogP contribution in [0.2, 0.25) is 0 Å². The van der Waals surface area contributed by atoms with Gasteiger partial charge in [-0.25, -0.2) is 0 Å². The van der Waals surface area contributed by atoms with Gasteiger partial charge in [0.2, 0.25) is 0 Å². The molecular formula is C11H21N. The number of nitrogens with zero attached hydrogens (tertiary/aromatic N) is 1. The molecule has 0 heterocycles. The molecule has 0 aromatic heterocycles. The van der Waals surface area contributed by atoms with E-state index in [0.717, 1.165) is 17.9 Å². The molecule has 12 heavy (non-hydrogen) atoms. The number of hydrogen-bond acceptors (Lipinski definition) is 1. The van der Waals surface area contributed by atoms with E-state index < -0.39 is 0 Å². The summed E-state index contributed by atoms with van der Waals surface area (Å²) in [5, 5.41) is 0. The Balaban J connectivity index is 2.45. The summed E-state index contributed by atoms with van der Waals surface area (Å²) >= 11 is 0. The number of allylic oxidation sites excluding steroid dienone is 1. The van der Waals surface area contributed by atoms with E-state index in [-0.39, 0.29) is 0 Å². The first kappa shape index (κ1) is 9.63. The largest absolute Gasteiger partial charge is 0.378 e. The Morgan fingerprint density at radius 2 is 1.67 bits per heavy atom. The summed E-state index contributed by atoms with van der Waals surface area (Å²) in [6.45, 7) is 6.82. The van der Waals surface area contributed by atoms with Gasteiger partial charge in [-0.05, 0) is 37.8 Å². The summed E-state index contributed by atoms with van der Waals surface area (Å²) < 4.78 is 0. The minimum atomic E-state index is 0.784. The molecule has 0 N–H and O–H groups in total. The van der Waals surface area contributed by atoms with Crippen LogP contribution in [0.25, 0.3) is 0 Å². The van der Waals surface area contributed by atoms with E-state index in [2.05, 4.69) is 45.0 Å². The van der Waals surface area contributed by atoms with E-state index in [4.69, 9.17) is 0 Å². The second kappa shape index (κ2) is 3.97. The normalized spacial score (nSPS) is 36.2. The smallest absolute Gasteiger partial charge is 0.0286 e. The monoisotopic (exact) mass is 167 g/mol. The molecule has 0 saturated heterocycles. The maximum atomic E-state index is 2.37. The molecule has 0 bridgehead atoms. The Morgan fingerprint density at radius 3 is 2.08 bits per heavy atom. The molecule has 1 fully saturated rings. The Bertz CT molecular complexity index is 152. The summed E-state index contributed by atoms with van der Waals surface area (Å²) in [5.41, 5.74) is 0. The minimum absolute atomic E-state index is 0.784. The van der Waals surface area contributed by atoms with Crippen LogP contribution in [0.4, 0.5) is 0 Å². The zero-order chi connectivity index (χ0) is 9.14. The molecule has 0 amide bonds. The second-order valence-electron chi connectivity index (χ2n) is 4.23. The van der Waals surface area contributed by atoms with E-state index in [9.17, 15) is 0 Å². The van der Waals surface area contributed by atoms with E-state index >= 15 is 0 Å². The van der Waals surface area contributed by atoms with Gasteiger partial charge in [0.25, 0.3) is 0 Å². The predicted molar refractivity (Wildman–Crippen MR) is 53.9 cm³/mol.